The third-order valence-corrected chi connectivity index (χ3v) is 13.2. The Kier molecular flexibility index (Phi) is 49.6. The fraction of sp³-hybridized carbons (Fsp3) is 0.948. The first-order valence-corrected chi connectivity index (χ1v) is 28.7. The monoisotopic (exact) mass is 905 g/mol. The molecule has 0 saturated carbocycles. The minimum Gasteiger partial charge on any atom is -0.462 e. The number of esters is 3. The highest BCUT2D eigenvalue weighted by molar-refractivity contribution is 5.71. The fourth-order valence-electron chi connectivity index (χ4n) is 8.87. The van der Waals surface area contributed by atoms with E-state index in [4.69, 9.17) is 14.2 Å². The van der Waals surface area contributed by atoms with E-state index < -0.39 is 6.10 Å². The van der Waals surface area contributed by atoms with Crippen LogP contribution in [0.4, 0.5) is 0 Å². The lowest BCUT2D eigenvalue weighted by atomic mass is 10.0. The van der Waals surface area contributed by atoms with Crippen LogP contribution in [-0.4, -0.2) is 37.2 Å². The summed E-state index contributed by atoms with van der Waals surface area (Å²) in [6.07, 6.45) is 53.9. The molecule has 0 radical (unpaired) electrons. The summed E-state index contributed by atoms with van der Waals surface area (Å²) in [7, 11) is 0. The van der Waals surface area contributed by atoms with E-state index >= 15 is 0 Å². The highest BCUT2D eigenvalue weighted by atomic mass is 16.6. The van der Waals surface area contributed by atoms with Crippen LogP contribution in [0.25, 0.3) is 0 Å². The Morgan fingerprint density at radius 2 is 0.516 bits per heavy atom. The van der Waals surface area contributed by atoms with Gasteiger partial charge in [-0.3, -0.25) is 14.4 Å². The molecule has 0 spiro atoms. The van der Waals surface area contributed by atoms with E-state index in [1.807, 2.05) is 0 Å². The molecule has 0 amide bonds. The quantitative estimate of drug-likeness (QED) is 0.0344. The molecule has 0 aromatic heterocycles. The zero-order chi connectivity index (χ0) is 46.8. The van der Waals surface area contributed by atoms with Gasteiger partial charge in [0.25, 0.3) is 0 Å². The van der Waals surface area contributed by atoms with Crippen molar-refractivity contribution in [3.63, 3.8) is 0 Å². The number of ether oxygens (including phenoxy) is 3. The van der Waals surface area contributed by atoms with Crippen molar-refractivity contribution in [1.82, 2.24) is 0 Å². The summed E-state index contributed by atoms with van der Waals surface area (Å²) in [6, 6.07) is 0. The summed E-state index contributed by atoms with van der Waals surface area (Å²) in [5.41, 5.74) is 0. The molecule has 0 bridgehead atoms. The summed E-state index contributed by atoms with van der Waals surface area (Å²) >= 11 is 0. The molecule has 6 heteroatoms. The van der Waals surface area contributed by atoms with Crippen molar-refractivity contribution in [2.24, 2.45) is 11.8 Å². The van der Waals surface area contributed by atoms with Gasteiger partial charge in [-0.05, 0) is 31.1 Å². The van der Waals surface area contributed by atoms with Gasteiger partial charge in [0.15, 0.2) is 6.10 Å². The topological polar surface area (TPSA) is 78.9 Å². The predicted octanol–water partition coefficient (Wildman–Crippen LogP) is 18.9. The molecule has 380 valence electrons. The summed E-state index contributed by atoms with van der Waals surface area (Å²) in [6.45, 7) is 11.4. The highest BCUT2D eigenvalue weighted by Crippen LogP contribution is 2.18. The molecule has 0 heterocycles. The average molecular weight is 906 g/mol. The maximum Gasteiger partial charge on any atom is 0.306 e. The van der Waals surface area contributed by atoms with Crippen molar-refractivity contribution in [3.05, 3.63) is 0 Å². The fourth-order valence-corrected chi connectivity index (χ4v) is 8.87. The van der Waals surface area contributed by atoms with Crippen molar-refractivity contribution >= 4 is 17.9 Å². The molecule has 0 fully saturated rings. The lowest BCUT2D eigenvalue weighted by Crippen LogP contribution is -2.30. The number of hydrogen-bond donors (Lipinski definition) is 0. The maximum atomic E-state index is 12.8. The average Bonchev–Trinajstić information content (AvgIpc) is 3.27. The first-order chi connectivity index (χ1) is 31.2. The molecule has 0 aliphatic heterocycles. The number of rotatable bonds is 52. The van der Waals surface area contributed by atoms with Crippen LogP contribution >= 0.6 is 0 Å². The summed E-state index contributed by atoms with van der Waals surface area (Å²) in [5, 5.41) is 0. The Morgan fingerprint density at radius 1 is 0.297 bits per heavy atom. The van der Waals surface area contributed by atoms with E-state index in [-0.39, 0.29) is 31.1 Å². The van der Waals surface area contributed by atoms with Crippen LogP contribution in [0, 0.1) is 11.8 Å². The molecular formula is C58H112O6. The lowest BCUT2D eigenvalue weighted by Gasteiger charge is -2.18. The van der Waals surface area contributed by atoms with Gasteiger partial charge in [-0.2, -0.15) is 0 Å². The molecule has 0 aliphatic rings. The SMILES string of the molecule is CCCCCCCCCCCCCCCCCCCC(=O)O[C@@H](COC(=O)CCCCCCCCCCCCCCCCCC(C)C)COC(=O)CCCCCCCCCCC(C)C. The summed E-state index contributed by atoms with van der Waals surface area (Å²) in [5.74, 6) is 0.804. The molecular weight excluding hydrogens is 793 g/mol. The minimum absolute atomic E-state index is 0.0631. The van der Waals surface area contributed by atoms with Crippen molar-refractivity contribution < 1.29 is 28.6 Å². The molecule has 0 saturated heterocycles. The molecule has 6 nitrogen and oxygen atoms in total. The zero-order valence-electron chi connectivity index (χ0n) is 43.9. The van der Waals surface area contributed by atoms with Gasteiger partial charge in [-0.1, -0.05) is 285 Å². The second-order valence-corrected chi connectivity index (χ2v) is 20.9. The third-order valence-electron chi connectivity index (χ3n) is 13.2. The molecule has 64 heavy (non-hydrogen) atoms. The van der Waals surface area contributed by atoms with Crippen molar-refractivity contribution in [2.75, 3.05) is 13.2 Å². The van der Waals surface area contributed by atoms with Crippen LogP contribution in [0.1, 0.15) is 324 Å². The second-order valence-electron chi connectivity index (χ2n) is 20.9. The van der Waals surface area contributed by atoms with Gasteiger partial charge < -0.3 is 14.2 Å². The van der Waals surface area contributed by atoms with Gasteiger partial charge >= 0.3 is 17.9 Å². The van der Waals surface area contributed by atoms with Crippen molar-refractivity contribution in [2.45, 2.75) is 330 Å². The van der Waals surface area contributed by atoms with Crippen LogP contribution in [0.15, 0.2) is 0 Å². The number of carbonyl (C=O) groups is 3. The van der Waals surface area contributed by atoms with E-state index in [0.717, 1.165) is 69.6 Å². The van der Waals surface area contributed by atoms with Gasteiger partial charge in [0.1, 0.15) is 13.2 Å². The van der Waals surface area contributed by atoms with Gasteiger partial charge in [0.05, 0.1) is 0 Å². The Morgan fingerprint density at radius 3 is 0.766 bits per heavy atom. The molecule has 0 unspecified atom stereocenters. The number of hydrogen-bond acceptors (Lipinski definition) is 6. The van der Waals surface area contributed by atoms with E-state index in [9.17, 15) is 14.4 Å². The van der Waals surface area contributed by atoms with E-state index in [1.165, 1.54) is 212 Å². The van der Waals surface area contributed by atoms with Crippen LogP contribution in [-0.2, 0) is 28.6 Å². The van der Waals surface area contributed by atoms with Crippen LogP contribution in [0.2, 0.25) is 0 Å². The minimum atomic E-state index is -0.763. The maximum absolute atomic E-state index is 12.8. The van der Waals surface area contributed by atoms with Gasteiger partial charge in [0.2, 0.25) is 0 Å². The zero-order valence-corrected chi connectivity index (χ0v) is 43.9. The van der Waals surface area contributed by atoms with Crippen molar-refractivity contribution in [3.8, 4) is 0 Å². The Bertz CT molecular complexity index is 978. The smallest absolute Gasteiger partial charge is 0.306 e. The molecule has 0 aromatic carbocycles. The Balaban J connectivity index is 4.26. The van der Waals surface area contributed by atoms with Crippen LogP contribution in [0.3, 0.4) is 0 Å². The number of carbonyl (C=O) groups excluding carboxylic acids is 3. The highest BCUT2D eigenvalue weighted by Gasteiger charge is 2.19. The predicted molar refractivity (Wildman–Crippen MR) is 275 cm³/mol. The molecule has 0 N–H and O–H groups in total. The van der Waals surface area contributed by atoms with Gasteiger partial charge in [-0.15, -0.1) is 0 Å². The number of unbranched alkanes of at least 4 members (excludes halogenated alkanes) is 37. The Hall–Kier alpha value is -1.59. The molecule has 0 aromatic rings. The second kappa shape index (κ2) is 50.8. The molecule has 0 aliphatic carbocycles. The van der Waals surface area contributed by atoms with E-state index in [2.05, 4.69) is 34.6 Å². The lowest BCUT2D eigenvalue weighted by molar-refractivity contribution is -0.167. The van der Waals surface area contributed by atoms with Gasteiger partial charge in [-0.25, -0.2) is 0 Å². The first-order valence-electron chi connectivity index (χ1n) is 28.7. The van der Waals surface area contributed by atoms with E-state index in [0.29, 0.717) is 19.3 Å². The largest absolute Gasteiger partial charge is 0.462 e. The standard InChI is InChI=1S/C58H112O6/c1-6-7-8-9-10-11-12-13-14-15-18-22-25-28-35-40-45-50-58(61)64-55(52-63-57(60)49-44-39-34-30-29-32-37-42-47-54(4)5)51-62-56(59)48-43-38-33-27-24-21-19-16-17-20-23-26-31-36-41-46-53(2)3/h53-55H,6-52H2,1-5H3/t55-/m0/s1. The third kappa shape index (κ3) is 51.4. The molecule has 1 atom stereocenters. The summed E-state index contributed by atoms with van der Waals surface area (Å²) < 4.78 is 16.9. The van der Waals surface area contributed by atoms with E-state index in [1.54, 1.807) is 0 Å². The van der Waals surface area contributed by atoms with Gasteiger partial charge in [0, 0.05) is 19.3 Å². The Labute approximate surface area is 399 Å². The van der Waals surface area contributed by atoms with Crippen LogP contribution < -0.4 is 0 Å². The first kappa shape index (κ1) is 62.4. The van der Waals surface area contributed by atoms with Crippen LogP contribution in [0.5, 0.6) is 0 Å². The summed E-state index contributed by atoms with van der Waals surface area (Å²) in [4.78, 5) is 38.1. The molecule has 0 rings (SSSR count). The normalized spacial score (nSPS) is 12.0. The van der Waals surface area contributed by atoms with Crippen molar-refractivity contribution in [1.29, 1.82) is 0 Å².